The summed E-state index contributed by atoms with van der Waals surface area (Å²) in [6.45, 7) is 0. The third-order valence-corrected chi connectivity index (χ3v) is 8.92. The Morgan fingerprint density at radius 3 is 1.91 bits per heavy atom. The molecule has 216 valence electrons. The van der Waals surface area contributed by atoms with Gasteiger partial charge in [-0.25, -0.2) is 0 Å². The van der Waals surface area contributed by atoms with Gasteiger partial charge < -0.3 is 9.32 Å². The summed E-state index contributed by atoms with van der Waals surface area (Å²) >= 11 is 0. The number of aromatic nitrogens is 1. The summed E-state index contributed by atoms with van der Waals surface area (Å²) in [5, 5.41) is 5.71. The molecule has 0 N–H and O–H groups in total. The van der Waals surface area contributed by atoms with Gasteiger partial charge in [-0.2, -0.15) is 0 Å². The molecule has 3 heteroatoms. The number of furan rings is 1. The second kappa shape index (κ2) is 10.8. The maximum Gasteiger partial charge on any atom is 0.144 e. The van der Waals surface area contributed by atoms with E-state index >= 15 is 0 Å². The molecule has 0 fully saturated rings. The fourth-order valence-corrected chi connectivity index (χ4v) is 6.66. The van der Waals surface area contributed by atoms with Gasteiger partial charge in [0.1, 0.15) is 11.2 Å². The highest BCUT2D eigenvalue weighted by Gasteiger charge is 2.17. The molecule has 0 amide bonds. The minimum atomic E-state index is 0.849. The standard InChI is InChI=1S/C43H28N2O/c1-2-8-29(9-3-1)30-15-19-33(20-16-30)45(34-21-17-32(18-22-34)37-13-6-11-31-10-4-5-12-36(31)37)35-23-24-38-39-25-26-41-40(14-7-27-44-41)43(39)46-42(38)28-35/h1-28H. The van der Waals surface area contributed by atoms with Crippen LogP contribution >= 0.6 is 0 Å². The summed E-state index contributed by atoms with van der Waals surface area (Å²) in [7, 11) is 0. The molecule has 2 aromatic heterocycles. The summed E-state index contributed by atoms with van der Waals surface area (Å²) in [5.74, 6) is 0. The number of anilines is 3. The third kappa shape index (κ3) is 4.41. The highest BCUT2D eigenvalue weighted by molar-refractivity contribution is 6.14. The molecule has 0 unspecified atom stereocenters. The van der Waals surface area contributed by atoms with Crippen LogP contribution < -0.4 is 4.90 Å². The lowest BCUT2D eigenvalue weighted by atomic mass is 9.98. The molecule has 0 saturated carbocycles. The number of fused-ring (bicyclic) bond motifs is 6. The van der Waals surface area contributed by atoms with Crippen molar-refractivity contribution in [2.75, 3.05) is 4.90 Å². The van der Waals surface area contributed by atoms with Crippen LogP contribution in [0.2, 0.25) is 0 Å². The van der Waals surface area contributed by atoms with Crippen molar-refractivity contribution in [3.8, 4) is 22.3 Å². The van der Waals surface area contributed by atoms with E-state index in [1.54, 1.807) is 0 Å². The first-order chi connectivity index (χ1) is 22.8. The van der Waals surface area contributed by atoms with Crippen molar-refractivity contribution in [1.82, 2.24) is 4.98 Å². The Balaban J connectivity index is 1.18. The van der Waals surface area contributed by atoms with Gasteiger partial charge in [0.2, 0.25) is 0 Å². The van der Waals surface area contributed by atoms with Gasteiger partial charge >= 0.3 is 0 Å². The molecule has 0 atom stereocenters. The average molecular weight is 589 g/mol. The number of nitrogens with zero attached hydrogens (tertiary/aromatic N) is 2. The quantitative estimate of drug-likeness (QED) is 0.200. The SMILES string of the molecule is c1ccc(-c2ccc(N(c3ccc(-c4cccc5ccccc45)cc3)c3ccc4c(c3)oc3c5cccnc5ccc43)cc2)cc1. The Hall–Kier alpha value is -6.19. The molecule has 0 spiro atoms. The number of pyridine rings is 1. The van der Waals surface area contributed by atoms with Gasteiger partial charge in [0, 0.05) is 45.5 Å². The predicted molar refractivity (Wildman–Crippen MR) is 192 cm³/mol. The number of hydrogen-bond donors (Lipinski definition) is 0. The molecule has 0 radical (unpaired) electrons. The van der Waals surface area contributed by atoms with Gasteiger partial charge in [-0.15, -0.1) is 0 Å². The molecule has 0 aliphatic carbocycles. The van der Waals surface area contributed by atoms with E-state index in [2.05, 4.69) is 168 Å². The molecule has 0 aliphatic heterocycles. The number of benzene rings is 7. The zero-order valence-electron chi connectivity index (χ0n) is 25.0. The van der Waals surface area contributed by atoms with Crippen molar-refractivity contribution in [1.29, 1.82) is 0 Å². The van der Waals surface area contributed by atoms with Crippen molar-refractivity contribution in [3.05, 3.63) is 170 Å². The van der Waals surface area contributed by atoms with E-state index in [1.807, 2.05) is 12.3 Å². The summed E-state index contributed by atoms with van der Waals surface area (Å²) in [4.78, 5) is 6.83. The van der Waals surface area contributed by atoms with E-state index in [4.69, 9.17) is 4.42 Å². The van der Waals surface area contributed by atoms with Crippen LogP contribution in [-0.4, -0.2) is 4.98 Å². The summed E-state index contributed by atoms with van der Waals surface area (Å²) < 4.78 is 6.56. The van der Waals surface area contributed by atoms with Crippen molar-refractivity contribution < 1.29 is 4.42 Å². The van der Waals surface area contributed by atoms with Crippen LogP contribution in [0.4, 0.5) is 17.1 Å². The van der Waals surface area contributed by atoms with Crippen LogP contribution in [0.5, 0.6) is 0 Å². The van der Waals surface area contributed by atoms with Crippen LogP contribution in [0.1, 0.15) is 0 Å². The highest BCUT2D eigenvalue weighted by Crippen LogP contribution is 2.41. The molecule has 7 aromatic carbocycles. The number of rotatable bonds is 5. The lowest BCUT2D eigenvalue weighted by Gasteiger charge is -2.26. The minimum absolute atomic E-state index is 0.849. The minimum Gasteiger partial charge on any atom is -0.455 e. The van der Waals surface area contributed by atoms with Crippen molar-refractivity contribution in [2.45, 2.75) is 0 Å². The van der Waals surface area contributed by atoms with Crippen molar-refractivity contribution in [2.24, 2.45) is 0 Å². The lowest BCUT2D eigenvalue weighted by Crippen LogP contribution is -2.09. The second-order valence-electron chi connectivity index (χ2n) is 11.6. The Kier molecular flexibility index (Phi) is 6.14. The largest absolute Gasteiger partial charge is 0.455 e. The molecule has 9 rings (SSSR count). The van der Waals surface area contributed by atoms with Crippen LogP contribution in [-0.2, 0) is 0 Å². The van der Waals surface area contributed by atoms with Crippen LogP contribution in [0.25, 0.3) is 65.9 Å². The first-order valence-corrected chi connectivity index (χ1v) is 15.5. The first-order valence-electron chi connectivity index (χ1n) is 15.5. The van der Waals surface area contributed by atoms with Crippen molar-refractivity contribution >= 4 is 60.7 Å². The van der Waals surface area contributed by atoms with E-state index in [0.29, 0.717) is 0 Å². The Bertz CT molecular complexity index is 2510. The Morgan fingerprint density at radius 1 is 0.435 bits per heavy atom. The highest BCUT2D eigenvalue weighted by atomic mass is 16.3. The topological polar surface area (TPSA) is 29.3 Å². The van der Waals surface area contributed by atoms with Crippen LogP contribution in [0.3, 0.4) is 0 Å². The fourth-order valence-electron chi connectivity index (χ4n) is 6.66. The Morgan fingerprint density at radius 2 is 1.09 bits per heavy atom. The smallest absolute Gasteiger partial charge is 0.144 e. The van der Waals surface area contributed by atoms with E-state index < -0.39 is 0 Å². The van der Waals surface area contributed by atoms with Gasteiger partial charge in [0.15, 0.2) is 0 Å². The first kappa shape index (κ1) is 26.2. The Labute approximate surface area is 266 Å². The molecule has 3 nitrogen and oxygen atoms in total. The van der Waals surface area contributed by atoms with E-state index in [-0.39, 0.29) is 0 Å². The van der Waals surface area contributed by atoms with Crippen LogP contribution in [0, 0.1) is 0 Å². The normalized spacial score (nSPS) is 11.5. The third-order valence-electron chi connectivity index (χ3n) is 8.92. The van der Waals surface area contributed by atoms with Gasteiger partial charge in [-0.1, -0.05) is 97.1 Å². The second-order valence-corrected chi connectivity index (χ2v) is 11.6. The predicted octanol–water partition coefficient (Wildman–Crippen LogP) is 12.1. The molecular formula is C43H28N2O. The summed E-state index contributed by atoms with van der Waals surface area (Å²) in [5.41, 5.74) is 10.6. The van der Waals surface area contributed by atoms with Gasteiger partial charge in [-0.05, 0) is 93.7 Å². The zero-order valence-corrected chi connectivity index (χ0v) is 25.0. The van der Waals surface area contributed by atoms with E-state index in [0.717, 1.165) is 49.9 Å². The summed E-state index contributed by atoms with van der Waals surface area (Å²) in [6, 6.07) is 58.0. The molecule has 9 aromatic rings. The molecule has 0 aliphatic rings. The zero-order chi connectivity index (χ0) is 30.5. The maximum atomic E-state index is 6.56. The molecular weight excluding hydrogens is 560 g/mol. The molecule has 0 saturated heterocycles. The van der Waals surface area contributed by atoms with Gasteiger partial charge in [0.25, 0.3) is 0 Å². The van der Waals surface area contributed by atoms with E-state index in [9.17, 15) is 0 Å². The average Bonchev–Trinajstić information content (AvgIpc) is 3.51. The summed E-state index contributed by atoms with van der Waals surface area (Å²) in [6.07, 6.45) is 1.82. The molecule has 2 heterocycles. The molecule has 46 heavy (non-hydrogen) atoms. The monoisotopic (exact) mass is 588 g/mol. The fraction of sp³-hybridized carbons (Fsp3) is 0. The van der Waals surface area contributed by atoms with Gasteiger partial charge in [-0.3, -0.25) is 4.98 Å². The van der Waals surface area contributed by atoms with E-state index in [1.165, 1.54) is 33.0 Å². The maximum absolute atomic E-state index is 6.56. The lowest BCUT2D eigenvalue weighted by molar-refractivity contribution is 0.672. The van der Waals surface area contributed by atoms with Gasteiger partial charge in [0.05, 0.1) is 5.52 Å². The van der Waals surface area contributed by atoms with Crippen LogP contribution in [0.15, 0.2) is 174 Å². The molecule has 0 bridgehead atoms. The van der Waals surface area contributed by atoms with Crippen molar-refractivity contribution in [3.63, 3.8) is 0 Å². The number of hydrogen-bond acceptors (Lipinski definition) is 3.